The van der Waals surface area contributed by atoms with Crippen LogP contribution in [0.4, 0.5) is 0 Å². The third-order valence-corrected chi connectivity index (χ3v) is 7.13. The van der Waals surface area contributed by atoms with Crippen molar-refractivity contribution >= 4 is 21.8 Å². The number of aromatic nitrogens is 1. The van der Waals surface area contributed by atoms with Crippen molar-refractivity contribution < 1.29 is 4.74 Å². The second-order valence-corrected chi connectivity index (χ2v) is 10.7. The fraction of sp³-hybridized carbons (Fsp3) is 0.235. The van der Waals surface area contributed by atoms with Crippen LogP contribution in [0.2, 0.25) is 0 Å². The van der Waals surface area contributed by atoms with E-state index in [4.69, 9.17) is 4.74 Å². The third-order valence-electron chi connectivity index (χ3n) is 7.13. The molecule has 0 atom stereocenters. The second kappa shape index (κ2) is 9.35. The van der Waals surface area contributed by atoms with E-state index in [-0.39, 0.29) is 5.41 Å². The molecule has 0 spiro atoms. The molecule has 0 aliphatic heterocycles. The van der Waals surface area contributed by atoms with Crippen LogP contribution in [0, 0.1) is 6.92 Å². The molecule has 0 amide bonds. The lowest BCUT2D eigenvalue weighted by atomic mass is 9.86. The first-order valence-electron chi connectivity index (χ1n) is 12.9. The number of benzene rings is 4. The summed E-state index contributed by atoms with van der Waals surface area (Å²) >= 11 is 0. The largest absolute Gasteiger partial charge is 0.466 e. The maximum Gasteiger partial charge on any atom is 0.127 e. The van der Waals surface area contributed by atoms with Gasteiger partial charge in [-0.25, -0.2) is 0 Å². The van der Waals surface area contributed by atoms with Crippen molar-refractivity contribution in [1.82, 2.24) is 4.57 Å². The Morgan fingerprint density at radius 1 is 0.833 bits per heavy atom. The minimum absolute atomic E-state index is 0.0671. The molecule has 0 saturated heterocycles. The molecule has 2 nitrogen and oxygen atoms in total. The van der Waals surface area contributed by atoms with E-state index < -0.39 is 0 Å². The normalized spacial score (nSPS) is 11.8. The summed E-state index contributed by atoms with van der Waals surface area (Å²) in [5, 5.41) is 2.42. The molecule has 182 valence electrons. The molecule has 0 unspecified atom stereocenters. The SMILES string of the molecule is C=COc1ccc2c(c1)c1cc(C(C)(C)C)ccc1n2-c1ccc(CCC)c(-c2ccccc2C)c1. The van der Waals surface area contributed by atoms with Gasteiger partial charge in [0.05, 0.1) is 17.3 Å². The highest BCUT2D eigenvalue weighted by atomic mass is 16.5. The zero-order valence-corrected chi connectivity index (χ0v) is 22.1. The van der Waals surface area contributed by atoms with E-state index in [0.717, 1.165) is 18.6 Å². The monoisotopic (exact) mass is 473 g/mol. The summed E-state index contributed by atoms with van der Waals surface area (Å²) in [6.07, 6.45) is 3.67. The number of nitrogens with zero attached hydrogens (tertiary/aromatic N) is 1. The van der Waals surface area contributed by atoms with Crippen LogP contribution in [0.1, 0.15) is 50.8 Å². The fourth-order valence-electron chi connectivity index (χ4n) is 5.23. The number of ether oxygens (including phenoxy) is 1. The molecular formula is C34H35NO. The summed E-state index contributed by atoms with van der Waals surface area (Å²) in [5.41, 5.74) is 10.3. The Hall–Kier alpha value is -3.78. The topological polar surface area (TPSA) is 14.2 Å². The van der Waals surface area contributed by atoms with Crippen molar-refractivity contribution in [3.05, 3.63) is 108 Å². The fourth-order valence-corrected chi connectivity index (χ4v) is 5.23. The van der Waals surface area contributed by atoms with Gasteiger partial charge < -0.3 is 9.30 Å². The lowest BCUT2D eigenvalue weighted by Crippen LogP contribution is -2.10. The summed E-state index contributed by atoms with van der Waals surface area (Å²) in [7, 11) is 0. The van der Waals surface area contributed by atoms with Crippen molar-refractivity contribution in [2.75, 3.05) is 0 Å². The molecule has 0 fully saturated rings. The molecule has 1 heterocycles. The maximum atomic E-state index is 5.66. The predicted molar refractivity (Wildman–Crippen MR) is 154 cm³/mol. The van der Waals surface area contributed by atoms with Crippen molar-refractivity contribution in [2.45, 2.75) is 52.9 Å². The molecule has 0 aliphatic carbocycles. The predicted octanol–water partition coefficient (Wildman–Crippen LogP) is 9.53. The van der Waals surface area contributed by atoms with Crippen LogP contribution in [0.25, 0.3) is 38.6 Å². The Morgan fingerprint density at radius 3 is 2.25 bits per heavy atom. The number of hydrogen-bond acceptors (Lipinski definition) is 1. The quantitative estimate of drug-likeness (QED) is 0.224. The van der Waals surface area contributed by atoms with Gasteiger partial charge in [-0.05, 0) is 89.0 Å². The van der Waals surface area contributed by atoms with Gasteiger partial charge in [0, 0.05) is 16.5 Å². The first-order valence-corrected chi connectivity index (χ1v) is 12.9. The molecule has 4 aromatic carbocycles. The van der Waals surface area contributed by atoms with E-state index in [1.165, 1.54) is 61.6 Å². The molecule has 0 bridgehead atoms. The summed E-state index contributed by atoms with van der Waals surface area (Å²) in [5.74, 6) is 0.802. The molecule has 0 aliphatic rings. The van der Waals surface area contributed by atoms with Crippen LogP contribution in [0.15, 0.2) is 91.7 Å². The molecule has 5 aromatic rings. The van der Waals surface area contributed by atoms with E-state index in [1.54, 1.807) is 0 Å². The number of rotatable bonds is 6. The van der Waals surface area contributed by atoms with E-state index in [2.05, 4.69) is 119 Å². The van der Waals surface area contributed by atoms with Crippen molar-refractivity contribution in [3.8, 4) is 22.6 Å². The van der Waals surface area contributed by atoms with Gasteiger partial charge in [-0.1, -0.05) is 77.1 Å². The molecule has 0 saturated carbocycles. The zero-order chi connectivity index (χ0) is 25.4. The first kappa shape index (κ1) is 23.9. The summed E-state index contributed by atoms with van der Waals surface area (Å²) < 4.78 is 8.06. The van der Waals surface area contributed by atoms with Crippen molar-refractivity contribution in [3.63, 3.8) is 0 Å². The van der Waals surface area contributed by atoms with Crippen molar-refractivity contribution in [2.24, 2.45) is 0 Å². The van der Waals surface area contributed by atoms with E-state index in [1.807, 2.05) is 6.07 Å². The molecular weight excluding hydrogens is 438 g/mol. The minimum atomic E-state index is 0.0671. The van der Waals surface area contributed by atoms with Gasteiger partial charge in [0.15, 0.2) is 0 Å². The minimum Gasteiger partial charge on any atom is -0.466 e. The Bertz CT molecular complexity index is 1580. The Balaban J connectivity index is 1.82. The first-order chi connectivity index (χ1) is 17.3. The van der Waals surface area contributed by atoms with Gasteiger partial charge >= 0.3 is 0 Å². The standard InChI is InChI=1S/C34H35NO/c1-7-11-24-14-16-26(21-29(24)28-13-10-9-12-23(28)3)35-32-18-15-25(34(4,5)6)20-30(32)31-22-27(36-8-2)17-19-33(31)35/h8-10,12-22H,2,7,11H2,1,3-6H3. The number of fused-ring (bicyclic) bond motifs is 3. The molecule has 0 N–H and O–H groups in total. The van der Waals surface area contributed by atoms with Gasteiger partial charge in [-0.15, -0.1) is 0 Å². The lowest BCUT2D eigenvalue weighted by Gasteiger charge is -2.19. The van der Waals surface area contributed by atoms with E-state index in [0.29, 0.717) is 0 Å². The molecule has 1 aromatic heterocycles. The highest BCUT2D eigenvalue weighted by Crippen LogP contribution is 2.38. The molecule has 36 heavy (non-hydrogen) atoms. The average molecular weight is 474 g/mol. The zero-order valence-electron chi connectivity index (χ0n) is 22.1. The smallest absolute Gasteiger partial charge is 0.127 e. The lowest BCUT2D eigenvalue weighted by molar-refractivity contribution is 0.484. The van der Waals surface area contributed by atoms with Crippen LogP contribution in [0.3, 0.4) is 0 Å². The summed E-state index contributed by atoms with van der Waals surface area (Å²) in [6.45, 7) is 15.0. The average Bonchev–Trinajstić information content (AvgIpc) is 3.18. The second-order valence-electron chi connectivity index (χ2n) is 10.7. The van der Waals surface area contributed by atoms with Gasteiger partial charge in [-0.3, -0.25) is 0 Å². The van der Waals surface area contributed by atoms with E-state index >= 15 is 0 Å². The van der Waals surface area contributed by atoms with E-state index in [9.17, 15) is 0 Å². The highest BCUT2D eigenvalue weighted by molar-refractivity contribution is 6.10. The van der Waals surface area contributed by atoms with Crippen LogP contribution >= 0.6 is 0 Å². The molecule has 2 heteroatoms. The van der Waals surface area contributed by atoms with Crippen molar-refractivity contribution in [1.29, 1.82) is 0 Å². The Morgan fingerprint density at radius 2 is 1.56 bits per heavy atom. The maximum absolute atomic E-state index is 5.66. The summed E-state index contributed by atoms with van der Waals surface area (Å²) in [6, 6.07) is 28.9. The van der Waals surface area contributed by atoms with Crippen LogP contribution in [-0.2, 0) is 11.8 Å². The van der Waals surface area contributed by atoms with Gasteiger partial charge in [0.2, 0.25) is 0 Å². The third kappa shape index (κ3) is 4.22. The summed E-state index contributed by atoms with van der Waals surface area (Å²) in [4.78, 5) is 0. The van der Waals surface area contributed by atoms with Gasteiger partial charge in [0.25, 0.3) is 0 Å². The van der Waals surface area contributed by atoms with Crippen LogP contribution in [0.5, 0.6) is 5.75 Å². The van der Waals surface area contributed by atoms with Crippen LogP contribution in [-0.4, -0.2) is 4.57 Å². The highest BCUT2D eigenvalue weighted by Gasteiger charge is 2.19. The Labute approximate surface area is 214 Å². The number of aryl methyl sites for hydroxylation is 2. The number of hydrogen-bond donors (Lipinski definition) is 0. The van der Waals surface area contributed by atoms with Crippen LogP contribution < -0.4 is 4.74 Å². The van der Waals surface area contributed by atoms with Gasteiger partial charge in [0.1, 0.15) is 5.75 Å². The van der Waals surface area contributed by atoms with Gasteiger partial charge in [-0.2, -0.15) is 0 Å². The molecule has 5 rings (SSSR count). The molecule has 0 radical (unpaired) electrons. The Kier molecular flexibility index (Phi) is 6.22.